The Morgan fingerprint density at radius 2 is 1.57 bits per heavy atom. The molecule has 122 valence electrons. The van der Waals surface area contributed by atoms with Crippen LogP contribution in [0.25, 0.3) is 0 Å². The molecule has 0 aromatic heterocycles. The standard InChI is InChI=1S/C20H26N2O/c1-15(13-14-17-9-5-3-6-10-17)22-20(23)16(2)19(21)18-11-7-4-8-12-18/h3-12,15-16,19H,13-14,21H2,1-2H3,(H,22,23). The lowest BCUT2D eigenvalue weighted by atomic mass is 9.94. The second-order valence-electron chi connectivity index (χ2n) is 6.16. The molecule has 3 unspecified atom stereocenters. The lowest BCUT2D eigenvalue weighted by molar-refractivity contribution is -0.125. The lowest BCUT2D eigenvalue weighted by Crippen LogP contribution is -2.40. The predicted octanol–water partition coefficient (Wildman–Crippen LogP) is 3.46. The molecule has 0 saturated heterocycles. The Balaban J connectivity index is 1.83. The van der Waals surface area contributed by atoms with Gasteiger partial charge in [-0.15, -0.1) is 0 Å². The van der Waals surface area contributed by atoms with Gasteiger partial charge in [0.15, 0.2) is 0 Å². The van der Waals surface area contributed by atoms with E-state index >= 15 is 0 Å². The summed E-state index contributed by atoms with van der Waals surface area (Å²) >= 11 is 0. The van der Waals surface area contributed by atoms with Crippen molar-refractivity contribution < 1.29 is 4.79 Å². The van der Waals surface area contributed by atoms with Crippen molar-refractivity contribution in [2.75, 3.05) is 0 Å². The Morgan fingerprint density at radius 1 is 1.00 bits per heavy atom. The highest BCUT2D eigenvalue weighted by molar-refractivity contribution is 5.79. The molecule has 0 spiro atoms. The molecule has 1 amide bonds. The molecule has 0 aliphatic rings. The summed E-state index contributed by atoms with van der Waals surface area (Å²) in [5.74, 6) is -0.238. The van der Waals surface area contributed by atoms with Crippen molar-refractivity contribution >= 4 is 5.91 Å². The number of amides is 1. The second kappa shape index (κ2) is 8.49. The van der Waals surface area contributed by atoms with Crippen LogP contribution in [0.1, 0.15) is 37.4 Å². The first-order valence-electron chi connectivity index (χ1n) is 8.22. The van der Waals surface area contributed by atoms with E-state index in [0.29, 0.717) is 0 Å². The van der Waals surface area contributed by atoms with Crippen LogP contribution in [0, 0.1) is 5.92 Å². The lowest BCUT2D eigenvalue weighted by Gasteiger charge is -2.22. The number of nitrogens with one attached hydrogen (secondary N) is 1. The van der Waals surface area contributed by atoms with E-state index in [0.717, 1.165) is 18.4 Å². The molecule has 3 nitrogen and oxygen atoms in total. The van der Waals surface area contributed by atoms with Crippen molar-refractivity contribution in [3.05, 3.63) is 71.8 Å². The zero-order chi connectivity index (χ0) is 16.7. The number of hydrogen-bond acceptors (Lipinski definition) is 2. The zero-order valence-corrected chi connectivity index (χ0v) is 13.9. The smallest absolute Gasteiger partial charge is 0.224 e. The second-order valence-corrected chi connectivity index (χ2v) is 6.16. The Kier molecular flexibility index (Phi) is 6.36. The van der Waals surface area contributed by atoms with Crippen LogP contribution in [0.3, 0.4) is 0 Å². The average Bonchev–Trinajstić information content (AvgIpc) is 2.60. The number of hydrogen-bond donors (Lipinski definition) is 2. The summed E-state index contributed by atoms with van der Waals surface area (Å²) in [4.78, 5) is 12.4. The van der Waals surface area contributed by atoms with Gasteiger partial charge in [-0.2, -0.15) is 0 Å². The molecule has 2 rings (SSSR count). The highest BCUT2D eigenvalue weighted by Gasteiger charge is 2.23. The number of carbonyl (C=O) groups is 1. The molecular formula is C20H26N2O. The van der Waals surface area contributed by atoms with E-state index in [-0.39, 0.29) is 23.9 Å². The van der Waals surface area contributed by atoms with Gasteiger partial charge in [-0.05, 0) is 30.9 Å². The van der Waals surface area contributed by atoms with E-state index in [1.165, 1.54) is 5.56 Å². The maximum atomic E-state index is 12.4. The Labute approximate surface area is 138 Å². The monoisotopic (exact) mass is 310 g/mol. The largest absolute Gasteiger partial charge is 0.353 e. The van der Waals surface area contributed by atoms with Crippen molar-refractivity contribution in [2.24, 2.45) is 11.7 Å². The van der Waals surface area contributed by atoms with Crippen LogP contribution >= 0.6 is 0 Å². The Hall–Kier alpha value is -2.13. The van der Waals surface area contributed by atoms with Gasteiger partial charge in [0.05, 0.1) is 5.92 Å². The summed E-state index contributed by atoms with van der Waals surface area (Å²) in [5, 5.41) is 3.08. The highest BCUT2D eigenvalue weighted by atomic mass is 16.1. The zero-order valence-electron chi connectivity index (χ0n) is 13.9. The molecule has 3 N–H and O–H groups in total. The van der Waals surface area contributed by atoms with Gasteiger partial charge in [-0.3, -0.25) is 4.79 Å². The summed E-state index contributed by atoms with van der Waals surface area (Å²) in [6.07, 6.45) is 1.88. The van der Waals surface area contributed by atoms with Crippen LogP contribution in [0.15, 0.2) is 60.7 Å². The first kappa shape index (κ1) is 17.2. The minimum Gasteiger partial charge on any atom is -0.353 e. The van der Waals surface area contributed by atoms with Crippen LogP contribution in [0.5, 0.6) is 0 Å². The first-order chi connectivity index (χ1) is 11.1. The first-order valence-corrected chi connectivity index (χ1v) is 8.22. The number of nitrogens with two attached hydrogens (primary N) is 1. The van der Waals surface area contributed by atoms with Crippen LogP contribution in [0.2, 0.25) is 0 Å². The third kappa shape index (κ3) is 5.22. The average molecular weight is 310 g/mol. The third-order valence-corrected chi connectivity index (χ3v) is 4.23. The number of rotatable bonds is 7. The number of carbonyl (C=O) groups excluding carboxylic acids is 1. The molecule has 0 aliphatic heterocycles. The van der Waals surface area contributed by atoms with Gasteiger partial charge in [-0.1, -0.05) is 67.6 Å². The van der Waals surface area contributed by atoms with Gasteiger partial charge >= 0.3 is 0 Å². The molecule has 3 atom stereocenters. The summed E-state index contributed by atoms with van der Waals surface area (Å²) in [6.45, 7) is 3.93. The SMILES string of the molecule is CC(CCc1ccccc1)NC(=O)C(C)C(N)c1ccccc1. The molecule has 2 aromatic carbocycles. The Morgan fingerprint density at radius 3 is 2.17 bits per heavy atom. The highest BCUT2D eigenvalue weighted by Crippen LogP contribution is 2.19. The molecule has 0 aliphatic carbocycles. The van der Waals surface area contributed by atoms with Gasteiger partial charge < -0.3 is 11.1 Å². The number of aryl methyl sites for hydroxylation is 1. The fourth-order valence-electron chi connectivity index (χ4n) is 2.60. The van der Waals surface area contributed by atoms with E-state index < -0.39 is 0 Å². The van der Waals surface area contributed by atoms with Crippen molar-refractivity contribution in [2.45, 2.75) is 38.8 Å². The van der Waals surface area contributed by atoms with Crippen molar-refractivity contribution in [3.8, 4) is 0 Å². The van der Waals surface area contributed by atoms with Crippen molar-refractivity contribution in [1.82, 2.24) is 5.32 Å². The maximum absolute atomic E-state index is 12.4. The minimum atomic E-state index is -0.280. The third-order valence-electron chi connectivity index (χ3n) is 4.23. The molecule has 3 heteroatoms. The summed E-state index contributed by atoms with van der Waals surface area (Å²) < 4.78 is 0. The molecule has 23 heavy (non-hydrogen) atoms. The maximum Gasteiger partial charge on any atom is 0.224 e. The van der Waals surface area contributed by atoms with E-state index in [2.05, 4.69) is 17.4 Å². The van der Waals surface area contributed by atoms with Gasteiger partial charge in [0.25, 0.3) is 0 Å². The molecule has 0 heterocycles. The summed E-state index contributed by atoms with van der Waals surface area (Å²) in [7, 11) is 0. The van der Waals surface area contributed by atoms with Crippen LogP contribution in [-0.2, 0) is 11.2 Å². The van der Waals surface area contributed by atoms with E-state index in [9.17, 15) is 4.79 Å². The minimum absolute atomic E-state index is 0.0157. The van der Waals surface area contributed by atoms with Gasteiger partial charge in [0.1, 0.15) is 0 Å². The summed E-state index contributed by atoms with van der Waals surface area (Å²) in [5.41, 5.74) is 8.51. The van der Waals surface area contributed by atoms with E-state index in [1.54, 1.807) is 0 Å². The normalized spacial score (nSPS) is 14.7. The van der Waals surface area contributed by atoms with Crippen LogP contribution in [-0.4, -0.2) is 11.9 Å². The molecule has 0 radical (unpaired) electrons. The molecular weight excluding hydrogens is 284 g/mol. The van der Waals surface area contributed by atoms with Gasteiger partial charge in [-0.25, -0.2) is 0 Å². The fourth-order valence-corrected chi connectivity index (χ4v) is 2.60. The predicted molar refractivity (Wildman–Crippen MR) is 94.9 cm³/mol. The van der Waals surface area contributed by atoms with Gasteiger partial charge in [0, 0.05) is 12.1 Å². The number of benzene rings is 2. The Bertz CT molecular complexity index is 598. The summed E-state index contributed by atoms with van der Waals surface area (Å²) in [6, 6.07) is 20.0. The molecule has 0 bridgehead atoms. The topological polar surface area (TPSA) is 55.1 Å². The fraction of sp³-hybridized carbons (Fsp3) is 0.350. The molecule has 0 fully saturated rings. The van der Waals surface area contributed by atoms with Crippen LogP contribution in [0.4, 0.5) is 0 Å². The quantitative estimate of drug-likeness (QED) is 0.823. The molecule has 0 saturated carbocycles. The van der Waals surface area contributed by atoms with Crippen molar-refractivity contribution in [1.29, 1.82) is 0 Å². The van der Waals surface area contributed by atoms with E-state index in [4.69, 9.17) is 5.73 Å². The van der Waals surface area contributed by atoms with Crippen LogP contribution < -0.4 is 11.1 Å². The van der Waals surface area contributed by atoms with E-state index in [1.807, 2.05) is 62.4 Å². The van der Waals surface area contributed by atoms with Gasteiger partial charge in [0.2, 0.25) is 5.91 Å². The van der Waals surface area contributed by atoms with Crippen molar-refractivity contribution in [3.63, 3.8) is 0 Å². The molecule has 2 aromatic rings.